The number of nitrogens with one attached hydrogen (secondary N) is 3. The molecule has 0 aromatic heterocycles. The van der Waals surface area contributed by atoms with E-state index in [1.54, 1.807) is 0 Å². The van der Waals surface area contributed by atoms with Crippen LogP contribution in [0.4, 0.5) is 16.2 Å². The van der Waals surface area contributed by atoms with Gasteiger partial charge in [0.25, 0.3) is 0 Å². The molecular weight excluding hydrogens is 302 g/mol. The largest absolute Gasteiger partial charge is 0.338 e. The summed E-state index contributed by atoms with van der Waals surface area (Å²) in [6.45, 7) is 2.63. The van der Waals surface area contributed by atoms with Gasteiger partial charge in [-0.25, -0.2) is 4.79 Å². The quantitative estimate of drug-likeness (QED) is 0.720. The van der Waals surface area contributed by atoms with E-state index in [1.807, 2.05) is 25.1 Å². The Morgan fingerprint density at radius 2 is 1.96 bits per heavy atom. The first-order valence-electron chi connectivity index (χ1n) is 8.73. The Labute approximate surface area is 142 Å². The van der Waals surface area contributed by atoms with Crippen molar-refractivity contribution in [3.63, 3.8) is 0 Å². The number of hydrogen-bond acceptors (Lipinski definition) is 2. The van der Waals surface area contributed by atoms with Gasteiger partial charge in [-0.15, -0.1) is 0 Å². The minimum Gasteiger partial charge on any atom is -0.338 e. The molecule has 0 saturated heterocycles. The van der Waals surface area contributed by atoms with Crippen LogP contribution in [0.2, 0.25) is 0 Å². The molecule has 0 aliphatic heterocycles. The third kappa shape index (κ3) is 4.60. The number of allylic oxidation sites excluding steroid dienone is 2. The summed E-state index contributed by atoms with van der Waals surface area (Å²) in [7, 11) is 0. The first-order chi connectivity index (χ1) is 11.6. The maximum Gasteiger partial charge on any atom is 0.319 e. The van der Waals surface area contributed by atoms with Crippen LogP contribution in [-0.2, 0) is 4.79 Å². The molecule has 128 valence electrons. The van der Waals surface area contributed by atoms with Crippen LogP contribution in [0.3, 0.4) is 0 Å². The molecule has 1 unspecified atom stereocenters. The number of aryl methyl sites for hydroxylation is 1. The first-order valence-corrected chi connectivity index (χ1v) is 8.73. The number of benzene rings is 1. The van der Waals surface area contributed by atoms with Crippen molar-refractivity contribution >= 4 is 23.3 Å². The van der Waals surface area contributed by atoms with Crippen molar-refractivity contribution in [1.29, 1.82) is 0 Å². The molecule has 1 saturated carbocycles. The van der Waals surface area contributed by atoms with Crippen molar-refractivity contribution in [2.75, 3.05) is 17.2 Å². The van der Waals surface area contributed by atoms with Crippen LogP contribution in [0, 0.1) is 18.8 Å². The average Bonchev–Trinajstić information content (AvgIpc) is 3.42. The smallest absolute Gasteiger partial charge is 0.319 e. The van der Waals surface area contributed by atoms with Gasteiger partial charge in [0.15, 0.2) is 0 Å². The summed E-state index contributed by atoms with van der Waals surface area (Å²) >= 11 is 0. The lowest BCUT2D eigenvalue weighted by molar-refractivity contribution is -0.117. The predicted octanol–water partition coefficient (Wildman–Crippen LogP) is 3.82. The molecular formula is C19H25N3O2. The van der Waals surface area contributed by atoms with Gasteiger partial charge in [0.2, 0.25) is 5.91 Å². The van der Waals surface area contributed by atoms with Gasteiger partial charge in [-0.1, -0.05) is 18.2 Å². The van der Waals surface area contributed by atoms with Gasteiger partial charge >= 0.3 is 6.03 Å². The van der Waals surface area contributed by atoms with Crippen LogP contribution in [0.15, 0.2) is 30.4 Å². The van der Waals surface area contributed by atoms with Gasteiger partial charge in [-0.05, 0) is 62.6 Å². The second kappa shape index (κ2) is 7.51. The van der Waals surface area contributed by atoms with Crippen LogP contribution in [0.25, 0.3) is 0 Å². The van der Waals surface area contributed by atoms with Crippen molar-refractivity contribution in [3.8, 4) is 0 Å². The lowest BCUT2D eigenvalue weighted by atomic mass is 9.94. The Balaban J connectivity index is 1.53. The number of amides is 3. The van der Waals surface area contributed by atoms with Gasteiger partial charge < -0.3 is 16.0 Å². The normalized spacial score (nSPS) is 19.6. The fourth-order valence-corrected chi connectivity index (χ4v) is 2.87. The predicted molar refractivity (Wildman–Crippen MR) is 96.0 cm³/mol. The van der Waals surface area contributed by atoms with E-state index in [0.717, 1.165) is 49.0 Å². The topological polar surface area (TPSA) is 70.2 Å². The maximum atomic E-state index is 12.1. The average molecular weight is 327 g/mol. The number of anilines is 2. The monoisotopic (exact) mass is 327 g/mol. The molecule has 5 nitrogen and oxygen atoms in total. The number of carbonyl (C=O) groups excluding carboxylic acids is 2. The highest BCUT2D eigenvalue weighted by Gasteiger charge is 2.29. The van der Waals surface area contributed by atoms with Crippen molar-refractivity contribution < 1.29 is 9.59 Å². The van der Waals surface area contributed by atoms with E-state index in [9.17, 15) is 9.59 Å². The minimum absolute atomic E-state index is 0.0691. The lowest BCUT2D eigenvalue weighted by Gasteiger charge is -2.18. The number of hydrogen-bond donors (Lipinski definition) is 3. The molecule has 2 aliphatic rings. The molecule has 1 aromatic rings. The molecule has 3 rings (SSSR count). The van der Waals surface area contributed by atoms with E-state index >= 15 is 0 Å². The molecule has 0 spiro atoms. The number of urea groups is 1. The fourth-order valence-electron chi connectivity index (χ4n) is 2.87. The molecule has 1 aromatic carbocycles. The Morgan fingerprint density at radius 3 is 2.67 bits per heavy atom. The van der Waals surface area contributed by atoms with E-state index in [-0.39, 0.29) is 17.9 Å². The van der Waals surface area contributed by atoms with Gasteiger partial charge in [0.05, 0.1) is 0 Å². The third-order valence-corrected chi connectivity index (χ3v) is 4.63. The Hall–Kier alpha value is -2.30. The minimum atomic E-state index is -0.196. The van der Waals surface area contributed by atoms with E-state index < -0.39 is 0 Å². The number of rotatable bonds is 5. The van der Waals surface area contributed by atoms with Gasteiger partial charge in [0.1, 0.15) is 0 Å². The van der Waals surface area contributed by atoms with E-state index in [4.69, 9.17) is 0 Å². The second-order valence-electron chi connectivity index (χ2n) is 6.78. The van der Waals surface area contributed by atoms with Gasteiger partial charge in [0, 0.05) is 23.8 Å². The SMILES string of the molecule is Cc1ccc(NC(=O)C2CC2)cc1NC(=O)NCC1CC=CCC1. The van der Waals surface area contributed by atoms with E-state index in [2.05, 4.69) is 28.1 Å². The summed E-state index contributed by atoms with van der Waals surface area (Å²) < 4.78 is 0. The summed E-state index contributed by atoms with van der Waals surface area (Å²) in [6, 6.07) is 5.40. The third-order valence-electron chi connectivity index (χ3n) is 4.63. The highest BCUT2D eigenvalue weighted by atomic mass is 16.2. The maximum absolute atomic E-state index is 12.1. The fraction of sp³-hybridized carbons (Fsp3) is 0.474. The summed E-state index contributed by atoms with van der Waals surface area (Å²) in [5, 5.41) is 8.74. The van der Waals surface area contributed by atoms with Crippen LogP contribution < -0.4 is 16.0 Å². The highest BCUT2D eigenvalue weighted by Crippen LogP contribution is 2.30. The standard InChI is InChI=1S/C19H25N3O2/c1-13-7-10-16(21-18(23)15-8-9-15)11-17(13)22-19(24)20-12-14-5-3-2-4-6-14/h2-3,7,10-11,14-15H,4-6,8-9,12H2,1H3,(H,21,23)(H2,20,22,24). The summed E-state index contributed by atoms with van der Waals surface area (Å²) in [5.41, 5.74) is 2.42. The van der Waals surface area contributed by atoms with Crippen molar-refractivity contribution in [3.05, 3.63) is 35.9 Å². The van der Waals surface area contributed by atoms with Crippen LogP contribution >= 0.6 is 0 Å². The molecule has 5 heteroatoms. The van der Waals surface area contributed by atoms with E-state index in [0.29, 0.717) is 12.5 Å². The van der Waals surface area contributed by atoms with Crippen LogP contribution in [0.5, 0.6) is 0 Å². The zero-order valence-corrected chi connectivity index (χ0v) is 14.1. The molecule has 3 amide bonds. The molecule has 0 radical (unpaired) electrons. The number of carbonyl (C=O) groups is 2. The van der Waals surface area contributed by atoms with Gasteiger partial charge in [-0.2, -0.15) is 0 Å². The molecule has 0 heterocycles. The van der Waals surface area contributed by atoms with Crippen LogP contribution in [-0.4, -0.2) is 18.5 Å². The van der Waals surface area contributed by atoms with Crippen molar-refractivity contribution in [1.82, 2.24) is 5.32 Å². The molecule has 2 aliphatic carbocycles. The molecule has 24 heavy (non-hydrogen) atoms. The Kier molecular flexibility index (Phi) is 5.18. The highest BCUT2D eigenvalue weighted by molar-refractivity contribution is 5.96. The second-order valence-corrected chi connectivity index (χ2v) is 6.78. The summed E-state index contributed by atoms with van der Waals surface area (Å²) in [4.78, 5) is 24.0. The summed E-state index contributed by atoms with van der Waals surface area (Å²) in [6.07, 6.45) is 9.57. The molecule has 0 bridgehead atoms. The molecule has 1 atom stereocenters. The Bertz CT molecular complexity index is 650. The van der Waals surface area contributed by atoms with Crippen LogP contribution in [0.1, 0.15) is 37.7 Å². The lowest BCUT2D eigenvalue weighted by Crippen LogP contribution is -2.33. The zero-order valence-electron chi connectivity index (χ0n) is 14.1. The van der Waals surface area contributed by atoms with Crippen molar-refractivity contribution in [2.45, 2.75) is 39.0 Å². The first kappa shape index (κ1) is 16.6. The van der Waals surface area contributed by atoms with E-state index in [1.165, 1.54) is 0 Å². The molecule has 1 fully saturated rings. The zero-order chi connectivity index (χ0) is 16.9. The van der Waals surface area contributed by atoms with Gasteiger partial charge in [-0.3, -0.25) is 4.79 Å². The van der Waals surface area contributed by atoms with Crippen molar-refractivity contribution in [2.24, 2.45) is 11.8 Å². The Morgan fingerprint density at radius 1 is 1.12 bits per heavy atom. The molecule has 3 N–H and O–H groups in total. The summed E-state index contributed by atoms with van der Waals surface area (Å²) in [5.74, 6) is 0.751.